The average molecular weight is 274 g/mol. The highest BCUT2D eigenvalue weighted by Crippen LogP contribution is 2.32. The molecular formula is C12H22N2O3S. The number of likely N-dealkylation sites (tertiary alicyclic amines) is 1. The molecule has 2 aliphatic heterocycles. The quantitative estimate of drug-likeness (QED) is 0.730. The maximum absolute atomic E-state index is 11.4. The number of sulfone groups is 1. The first-order chi connectivity index (χ1) is 8.39. The van der Waals surface area contributed by atoms with Crippen molar-refractivity contribution in [1.82, 2.24) is 4.90 Å². The summed E-state index contributed by atoms with van der Waals surface area (Å²) in [5, 5.41) is 0. The van der Waals surface area contributed by atoms with Gasteiger partial charge in [0.05, 0.1) is 11.5 Å². The molecule has 2 unspecified atom stereocenters. The minimum Gasteiger partial charge on any atom is -0.341 e. The standard InChI is InChI=1S/C12H22N2O3S/c1-9(15)14-5-2-11(12(13)8-14)10-3-6-18(16,17)7-4-10/h10-12H,2-8,13H2,1H3. The number of hydrogen-bond acceptors (Lipinski definition) is 4. The molecule has 6 heteroatoms. The predicted octanol–water partition coefficient (Wildman–Crippen LogP) is 0.00690. The van der Waals surface area contributed by atoms with Gasteiger partial charge in [0.15, 0.2) is 0 Å². The minimum absolute atomic E-state index is 0.00606. The fourth-order valence-corrected chi connectivity index (χ4v) is 4.74. The molecule has 2 fully saturated rings. The normalized spacial score (nSPS) is 33.3. The molecule has 0 aromatic carbocycles. The van der Waals surface area contributed by atoms with Crippen molar-refractivity contribution >= 4 is 15.7 Å². The second kappa shape index (κ2) is 5.17. The van der Waals surface area contributed by atoms with Crippen molar-refractivity contribution in [2.75, 3.05) is 24.6 Å². The van der Waals surface area contributed by atoms with Crippen LogP contribution in [0.15, 0.2) is 0 Å². The smallest absolute Gasteiger partial charge is 0.219 e. The molecule has 0 bridgehead atoms. The largest absolute Gasteiger partial charge is 0.341 e. The van der Waals surface area contributed by atoms with Gasteiger partial charge in [0, 0.05) is 26.1 Å². The minimum atomic E-state index is -2.80. The summed E-state index contributed by atoms with van der Waals surface area (Å²) in [6, 6.07) is -0.00606. The van der Waals surface area contributed by atoms with Crippen LogP contribution in [0, 0.1) is 11.8 Å². The summed E-state index contributed by atoms with van der Waals surface area (Å²) in [4.78, 5) is 13.1. The summed E-state index contributed by atoms with van der Waals surface area (Å²) >= 11 is 0. The Morgan fingerprint density at radius 2 is 1.83 bits per heavy atom. The number of piperidine rings is 1. The SMILES string of the molecule is CC(=O)N1CCC(C2CCS(=O)(=O)CC2)C(N)C1. The average Bonchev–Trinajstić information content (AvgIpc) is 2.29. The van der Waals surface area contributed by atoms with E-state index >= 15 is 0 Å². The Kier molecular flexibility index (Phi) is 3.96. The fourth-order valence-electron chi connectivity index (χ4n) is 3.21. The number of nitrogens with zero attached hydrogens (tertiary/aromatic N) is 1. The number of hydrogen-bond donors (Lipinski definition) is 1. The number of carbonyl (C=O) groups excluding carboxylic acids is 1. The van der Waals surface area contributed by atoms with Gasteiger partial charge < -0.3 is 10.6 Å². The number of amides is 1. The molecule has 0 aliphatic carbocycles. The maximum atomic E-state index is 11.4. The van der Waals surface area contributed by atoms with Gasteiger partial charge in [0.1, 0.15) is 9.84 Å². The first-order valence-electron chi connectivity index (χ1n) is 6.60. The van der Waals surface area contributed by atoms with E-state index in [9.17, 15) is 13.2 Å². The second-order valence-electron chi connectivity index (χ2n) is 5.57. The van der Waals surface area contributed by atoms with Crippen molar-refractivity contribution < 1.29 is 13.2 Å². The molecule has 0 aromatic rings. The summed E-state index contributed by atoms with van der Waals surface area (Å²) in [7, 11) is -2.80. The molecule has 0 spiro atoms. The van der Waals surface area contributed by atoms with Crippen molar-refractivity contribution in [2.45, 2.75) is 32.2 Å². The zero-order valence-corrected chi connectivity index (χ0v) is 11.7. The van der Waals surface area contributed by atoms with Crippen molar-refractivity contribution in [3.8, 4) is 0 Å². The molecule has 2 N–H and O–H groups in total. The van der Waals surface area contributed by atoms with Crippen LogP contribution in [0.5, 0.6) is 0 Å². The van der Waals surface area contributed by atoms with Gasteiger partial charge in [-0.05, 0) is 31.1 Å². The Balaban J connectivity index is 1.93. The molecule has 104 valence electrons. The Hall–Kier alpha value is -0.620. The van der Waals surface area contributed by atoms with Crippen LogP contribution < -0.4 is 5.73 Å². The molecule has 18 heavy (non-hydrogen) atoms. The fraction of sp³-hybridized carbons (Fsp3) is 0.917. The lowest BCUT2D eigenvalue weighted by atomic mass is 9.78. The lowest BCUT2D eigenvalue weighted by Gasteiger charge is -2.41. The van der Waals surface area contributed by atoms with Crippen LogP contribution in [-0.2, 0) is 14.6 Å². The van der Waals surface area contributed by atoms with Crippen LogP contribution in [0.4, 0.5) is 0 Å². The summed E-state index contributed by atoms with van der Waals surface area (Å²) in [6.07, 6.45) is 2.38. The zero-order chi connectivity index (χ0) is 13.3. The van der Waals surface area contributed by atoms with Crippen molar-refractivity contribution in [1.29, 1.82) is 0 Å². The van der Waals surface area contributed by atoms with Crippen LogP contribution in [0.3, 0.4) is 0 Å². The third-order valence-electron chi connectivity index (χ3n) is 4.36. The topological polar surface area (TPSA) is 80.5 Å². The first-order valence-corrected chi connectivity index (χ1v) is 8.43. The molecular weight excluding hydrogens is 252 g/mol. The van der Waals surface area contributed by atoms with E-state index in [4.69, 9.17) is 5.73 Å². The molecule has 1 amide bonds. The highest BCUT2D eigenvalue weighted by molar-refractivity contribution is 7.91. The third kappa shape index (κ3) is 3.03. The van der Waals surface area contributed by atoms with E-state index in [2.05, 4.69) is 0 Å². The Bertz CT molecular complexity index is 407. The van der Waals surface area contributed by atoms with Gasteiger partial charge in [-0.25, -0.2) is 8.42 Å². The van der Waals surface area contributed by atoms with Gasteiger partial charge in [-0.2, -0.15) is 0 Å². The molecule has 0 saturated carbocycles. The van der Waals surface area contributed by atoms with Gasteiger partial charge in [-0.3, -0.25) is 4.79 Å². The van der Waals surface area contributed by atoms with E-state index in [1.54, 1.807) is 11.8 Å². The van der Waals surface area contributed by atoms with E-state index in [1.807, 2.05) is 0 Å². The molecule has 0 radical (unpaired) electrons. The number of carbonyl (C=O) groups is 1. The van der Waals surface area contributed by atoms with Crippen molar-refractivity contribution in [3.05, 3.63) is 0 Å². The van der Waals surface area contributed by atoms with Gasteiger partial charge in [0.25, 0.3) is 0 Å². The molecule has 5 nitrogen and oxygen atoms in total. The molecule has 2 atom stereocenters. The van der Waals surface area contributed by atoms with E-state index in [0.29, 0.717) is 29.9 Å². The molecule has 2 rings (SSSR count). The Morgan fingerprint density at radius 3 is 2.33 bits per heavy atom. The Morgan fingerprint density at radius 1 is 1.22 bits per heavy atom. The summed E-state index contributed by atoms with van der Waals surface area (Å²) in [5.74, 6) is 1.47. The van der Waals surface area contributed by atoms with E-state index in [1.165, 1.54) is 0 Å². The van der Waals surface area contributed by atoms with Crippen molar-refractivity contribution in [3.63, 3.8) is 0 Å². The van der Waals surface area contributed by atoms with Crippen LogP contribution in [0.25, 0.3) is 0 Å². The monoisotopic (exact) mass is 274 g/mol. The third-order valence-corrected chi connectivity index (χ3v) is 6.08. The maximum Gasteiger partial charge on any atom is 0.219 e. The lowest BCUT2D eigenvalue weighted by molar-refractivity contribution is -0.130. The molecule has 2 saturated heterocycles. The zero-order valence-electron chi connectivity index (χ0n) is 10.8. The lowest BCUT2D eigenvalue weighted by Crippen LogP contribution is -2.52. The molecule has 0 aromatic heterocycles. The summed E-state index contributed by atoms with van der Waals surface area (Å²) in [5.41, 5.74) is 6.16. The highest BCUT2D eigenvalue weighted by Gasteiger charge is 2.36. The summed E-state index contributed by atoms with van der Waals surface area (Å²) in [6.45, 7) is 2.94. The molecule has 2 heterocycles. The van der Waals surface area contributed by atoms with E-state index in [-0.39, 0.29) is 11.9 Å². The number of nitrogens with two attached hydrogens (primary N) is 1. The predicted molar refractivity (Wildman–Crippen MR) is 69.7 cm³/mol. The number of rotatable bonds is 1. The van der Waals surface area contributed by atoms with Gasteiger partial charge in [-0.15, -0.1) is 0 Å². The van der Waals surface area contributed by atoms with Crippen LogP contribution >= 0.6 is 0 Å². The van der Waals surface area contributed by atoms with Gasteiger partial charge >= 0.3 is 0 Å². The van der Waals surface area contributed by atoms with Crippen LogP contribution in [-0.4, -0.2) is 49.9 Å². The highest BCUT2D eigenvalue weighted by atomic mass is 32.2. The van der Waals surface area contributed by atoms with E-state index in [0.717, 1.165) is 25.8 Å². The molecule has 2 aliphatic rings. The van der Waals surface area contributed by atoms with Gasteiger partial charge in [0.2, 0.25) is 5.91 Å². The Labute approximate surface area is 109 Å². The van der Waals surface area contributed by atoms with Crippen molar-refractivity contribution in [2.24, 2.45) is 17.6 Å². The van der Waals surface area contributed by atoms with E-state index < -0.39 is 9.84 Å². The van der Waals surface area contributed by atoms with Gasteiger partial charge in [-0.1, -0.05) is 0 Å². The van der Waals surface area contributed by atoms with Crippen LogP contribution in [0.1, 0.15) is 26.2 Å². The van der Waals surface area contributed by atoms with Crippen LogP contribution in [0.2, 0.25) is 0 Å². The summed E-state index contributed by atoms with van der Waals surface area (Å²) < 4.78 is 22.8. The second-order valence-corrected chi connectivity index (χ2v) is 7.87. The first kappa shape index (κ1) is 13.8.